The van der Waals surface area contributed by atoms with Crippen molar-refractivity contribution in [1.29, 1.82) is 0 Å². The Balaban J connectivity index is 2.04. The van der Waals surface area contributed by atoms with Crippen LogP contribution in [0.3, 0.4) is 0 Å². The molecule has 2 aromatic heterocycles. The standard InChI is InChI=1S/C10H11FN4O4/c11-1-4-6(16)7(17)10(19-4)15-3-14-5-8(15)12-2-13-9(5)18/h2-4,6-7,10,16-17H,1H2,(H,12,13,18)/t4-,6?,7?,10-/m1/s1. The van der Waals surface area contributed by atoms with Gasteiger partial charge in [0.15, 0.2) is 17.4 Å². The van der Waals surface area contributed by atoms with Gasteiger partial charge in [0.05, 0.1) is 6.33 Å². The Kier molecular flexibility index (Phi) is 2.81. The molecule has 2 aromatic rings. The molecule has 1 saturated heterocycles. The Labute approximate surface area is 106 Å². The van der Waals surface area contributed by atoms with Gasteiger partial charge in [-0.3, -0.25) is 4.57 Å². The summed E-state index contributed by atoms with van der Waals surface area (Å²) < 4.78 is 19.2. The molecule has 2 unspecified atom stereocenters. The number of aliphatic hydroxyl groups excluding tert-OH is 2. The van der Waals surface area contributed by atoms with Gasteiger partial charge in [-0.1, -0.05) is 0 Å². The maximum Gasteiger partial charge on any atom is 0.242 e. The molecule has 9 heteroatoms. The van der Waals surface area contributed by atoms with Crippen LogP contribution in [0.5, 0.6) is 5.88 Å². The molecule has 0 spiro atoms. The van der Waals surface area contributed by atoms with E-state index in [0.29, 0.717) is 0 Å². The van der Waals surface area contributed by atoms with Crippen LogP contribution in [-0.4, -0.2) is 59.8 Å². The molecule has 0 aromatic carbocycles. The normalized spacial score (nSPS) is 31.1. The summed E-state index contributed by atoms with van der Waals surface area (Å²) in [5.74, 6) is -0.307. The molecule has 1 aliphatic heterocycles. The largest absolute Gasteiger partial charge is 0.492 e. The van der Waals surface area contributed by atoms with E-state index < -0.39 is 31.2 Å². The summed E-state index contributed by atoms with van der Waals surface area (Å²) in [5, 5.41) is 29.0. The van der Waals surface area contributed by atoms with Crippen molar-refractivity contribution in [3.05, 3.63) is 12.7 Å². The maximum atomic E-state index is 12.6. The SMILES string of the molecule is Oc1ncnc2c1ncn2[C@@H]1O[C@H](CF)C(O)C1O. The molecular weight excluding hydrogens is 259 g/mol. The van der Waals surface area contributed by atoms with E-state index in [2.05, 4.69) is 15.0 Å². The number of imidazole rings is 1. The molecule has 3 N–H and O–H groups in total. The zero-order valence-corrected chi connectivity index (χ0v) is 9.59. The van der Waals surface area contributed by atoms with Gasteiger partial charge in [-0.05, 0) is 0 Å². The van der Waals surface area contributed by atoms with Crippen molar-refractivity contribution < 1.29 is 24.4 Å². The molecule has 4 atom stereocenters. The van der Waals surface area contributed by atoms with Crippen molar-refractivity contribution in [2.24, 2.45) is 0 Å². The fourth-order valence-electron chi connectivity index (χ4n) is 2.11. The number of rotatable bonds is 2. The molecule has 0 saturated carbocycles. The average molecular weight is 270 g/mol. The van der Waals surface area contributed by atoms with Gasteiger partial charge in [-0.25, -0.2) is 14.4 Å². The van der Waals surface area contributed by atoms with Crippen LogP contribution >= 0.6 is 0 Å². The lowest BCUT2D eigenvalue weighted by molar-refractivity contribution is -0.0409. The summed E-state index contributed by atoms with van der Waals surface area (Å²) in [6, 6.07) is 0. The number of fused-ring (bicyclic) bond motifs is 1. The van der Waals surface area contributed by atoms with Gasteiger partial charge in [0.1, 0.15) is 31.3 Å². The number of nitrogens with zero attached hydrogens (tertiary/aromatic N) is 4. The van der Waals surface area contributed by atoms with E-state index in [0.717, 1.165) is 6.33 Å². The number of ether oxygens (including phenoxy) is 1. The van der Waals surface area contributed by atoms with Gasteiger partial charge < -0.3 is 20.1 Å². The molecule has 0 bridgehead atoms. The van der Waals surface area contributed by atoms with Crippen LogP contribution in [0.4, 0.5) is 4.39 Å². The van der Waals surface area contributed by atoms with Crippen molar-refractivity contribution in [1.82, 2.24) is 19.5 Å². The number of aromatic nitrogens is 4. The van der Waals surface area contributed by atoms with Crippen LogP contribution in [0.1, 0.15) is 6.23 Å². The minimum atomic E-state index is -1.33. The summed E-state index contributed by atoms with van der Waals surface area (Å²) in [4.78, 5) is 11.4. The highest BCUT2D eigenvalue weighted by Crippen LogP contribution is 2.32. The Morgan fingerprint density at radius 1 is 1.26 bits per heavy atom. The van der Waals surface area contributed by atoms with Crippen molar-refractivity contribution in [2.75, 3.05) is 6.67 Å². The van der Waals surface area contributed by atoms with Gasteiger partial charge in [0, 0.05) is 0 Å². The highest BCUT2D eigenvalue weighted by atomic mass is 19.1. The average Bonchev–Trinajstić information content (AvgIpc) is 2.94. The molecular formula is C10H11FN4O4. The first-order valence-electron chi connectivity index (χ1n) is 5.57. The number of hydrogen-bond acceptors (Lipinski definition) is 7. The molecule has 3 rings (SSSR count). The van der Waals surface area contributed by atoms with Gasteiger partial charge in [-0.15, -0.1) is 0 Å². The van der Waals surface area contributed by atoms with Gasteiger partial charge in [-0.2, -0.15) is 4.98 Å². The second-order valence-corrected chi connectivity index (χ2v) is 4.22. The monoisotopic (exact) mass is 270 g/mol. The van der Waals surface area contributed by atoms with Gasteiger partial charge in [0.2, 0.25) is 5.88 Å². The Morgan fingerprint density at radius 2 is 2.05 bits per heavy atom. The predicted octanol–water partition coefficient (Wildman–Crippen LogP) is -0.879. The summed E-state index contributed by atoms with van der Waals surface area (Å²) in [7, 11) is 0. The lowest BCUT2D eigenvalue weighted by Crippen LogP contribution is -2.32. The van der Waals surface area contributed by atoms with E-state index in [1.54, 1.807) is 0 Å². The maximum absolute atomic E-state index is 12.6. The third-order valence-corrected chi connectivity index (χ3v) is 3.10. The fraction of sp³-hybridized carbons (Fsp3) is 0.500. The minimum absolute atomic E-state index is 0.136. The second-order valence-electron chi connectivity index (χ2n) is 4.22. The van der Waals surface area contributed by atoms with E-state index in [-0.39, 0.29) is 17.0 Å². The van der Waals surface area contributed by atoms with E-state index in [1.165, 1.54) is 10.9 Å². The number of halogens is 1. The first-order valence-corrected chi connectivity index (χ1v) is 5.57. The van der Waals surface area contributed by atoms with Gasteiger partial charge in [0.25, 0.3) is 0 Å². The fourth-order valence-corrected chi connectivity index (χ4v) is 2.11. The van der Waals surface area contributed by atoms with E-state index in [1.807, 2.05) is 0 Å². The molecule has 0 aliphatic carbocycles. The molecule has 1 fully saturated rings. The van der Waals surface area contributed by atoms with Crippen LogP contribution in [0.2, 0.25) is 0 Å². The Hall–Kier alpha value is -1.84. The Bertz CT molecular complexity index is 606. The first kappa shape index (κ1) is 12.2. The minimum Gasteiger partial charge on any atom is -0.492 e. The smallest absolute Gasteiger partial charge is 0.242 e. The summed E-state index contributed by atoms with van der Waals surface area (Å²) in [6.07, 6.45) is -2.36. The highest BCUT2D eigenvalue weighted by molar-refractivity contribution is 5.75. The van der Waals surface area contributed by atoms with Crippen LogP contribution in [0.25, 0.3) is 11.2 Å². The second kappa shape index (κ2) is 4.37. The molecule has 3 heterocycles. The molecule has 8 nitrogen and oxygen atoms in total. The topological polar surface area (TPSA) is 114 Å². The number of alkyl halides is 1. The molecule has 19 heavy (non-hydrogen) atoms. The Morgan fingerprint density at radius 3 is 2.74 bits per heavy atom. The highest BCUT2D eigenvalue weighted by Gasteiger charge is 2.44. The number of aromatic hydroxyl groups is 1. The van der Waals surface area contributed by atoms with Crippen molar-refractivity contribution in [3.8, 4) is 5.88 Å². The number of aliphatic hydroxyl groups is 2. The molecule has 0 amide bonds. The lowest BCUT2D eigenvalue weighted by atomic mass is 10.1. The third kappa shape index (κ3) is 1.74. The van der Waals surface area contributed by atoms with Gasteiger partial charge >= 0.3 is 0 Å². The van der Waals surface area contributed by atoms with Crippen LogP contribution in [-0.2, 0) is 4.74 Å². The van der Waals surface area contributed by atoms with Crippen molar-refractivity contribution >= 4 is 11.2 Å². The van der Waals surface area contributed by atoms with E-state index in [4.69, 9.17) is 4.74 Å². The molecule has 1 aliphatic rings. The number of hydrogen-bond donors (Lipinski definition) is 3. The summed E-state index contributed by atoms with van der Waals surface area (Å²) in [6.45, 7) is -0.915. The zero-order valence-electron chi connectivity index (χ0n) is 9.59. The first-order chi connectivity index (χ1) is 9.13. The van der Waals surface area contributed by atoms with Crippen LogP contribution < -0.4 is 0 Å². The van der Waals surface area contributed by atoms with Crippen LogP contribution in [0.15, 0.2) is 12.7 Å². The van der Waals surface area contributed by atoms with E-state index in [9.17, 15) is 19.7 Å². The van der Waals surface area contributed by atoms with Crippen molar-refractivity contribution in [2.45, 2.75) is 24.5 Å². The summed E-state index contributed by atoms with van der Waals surface area (Å²) in [5.41, 5.74) is 0.361. The van der Waals surface area contributed by atoms with Crippen LogP contribution in [0, 0.1) is 0 Å². The summed E-state index contributed by atoms with van der Waals surface area (Å²) >= 11 is 0. The zero-order chi connectivity index (χ0) is 13.6. The lowest BCUT2D eigenvalue weighted by Gasteiger charge is -2.16. The quantitative estimate of drug-likeness (QED) is 0.649. The molecule has 102 valence electrons. The van der Waals surface area contributed by atoms with Crippen molar-refractivity contribution in [3.63, 3.8) is 0 Å². The van der Waals surface area contributed by atoms with E-state index >= 15 is 0 Å². The third-order valence-electron chi connectivity index (χ3n) is 3.10. The predicted molar refractivity (Wildman–Crippen MR) is 58.9 cm³/mol. The molecule has 0 radical (unpaired) electrons.